The van der Waals surface area contributed by atoms with Gasteiger partial charge in [0.15, 0.2) is 23.2 Å². The fourth-order valence-electron chi connectivity index (χ4n) is 3.21. The van der Waals surface area contributed by atoms with Gasteiger partial charge in [-0.05, 0) is 43.7 Å². The third-order valence-corrected chi connectivity index (χ3v) is 4.93. The fraction of sp³-hybridized carbons (Fsp3) is 0.174. The Labute approximate surface area is 188 Å². The van der Waals surface area contributed by atoms with E-state index in [4.69, 9.17) is 31.3 Å². The van der Waals surface area contributed by atoms with E-state index in [1.807, 2.05) is 0 Å². The maximum atomic E-state index is 13.9. The van der Waals surface area contributed by atoms with Crippen molar-refractivity contribution in [2.45, 2.75) is 20.5 Å². The molecule has 4 rings (SSSR count). The number of hydroxylamine groups is 2. The van der Waals surface area contributed by atoms with Crippen LogP contribution in [-0.4, -0.2) is 29.2 Å². The summed E-state index contributed by atoms with van der Waals surface area (Å²) in [5.74, 6) is 0.294. The Morgan fingerprint density at radius 1 is 1.28 bits per heavy atom. The van der Waals surface area contributed by atoms with Gasteiger partial charge in [0.25, 0.3) is 5.91 Å². The van der Waals surface area contributed by atoms with E-state index in [2.05, 4.69) is 4.99 Å². The van der Waals surface area contributed by atoms with Crippen LogP contribution in [0, 0.1) is 11.2 Å². The molecule has 164 valence electrons. The topological polar surface area (TPSA) is 84.2 Å². The SMILES string of the molecule is CCOc1cc(/C=C2/C(=N)N3OC(C)=CC3=NC2=O)cc(Cl)c1OCc1ccccc1F. The number of halogens is 2. The quantitative estimate of drug-likeness (QED) is 0.626. The smallest absolute Gasteiger partial charge is 0.282 e. The zero-order valence-corrected chi connectivity index (χ0v) is 18.1. The van der Waals surface area contributed by atoms with Crippen molar-refractivity contribution in [2.75, 3.05) is 6.61 Å². The molecule has 2 aromatic carbocycles. The number of carbonyl (C=O) groups is 1. The Hall–Kier alpha value is -3.65. The van der Waals surface area contributed by atoms with Gasteiger partial charge in [0.1, 0.15) is 18.2 Å². The van der Waals surface area contributed by atoms with Gasteiger partial charge in [-0.2, -0.15) is 4.99 Å². The van der Waals surface area contributed by atoms with E-state index >= 15 is 0 Å². The third-order valence-electron chi connectivity index (χ3n) is 4.65. The summed E-state index contributed by atoms with van der Waals surface area (Å²) in [4.78, 5) is 21.9. The number of hydrogen-bond donors (Lipinski definition) is 1. The van der Waals surface area contributed by atoms with Crippen LogP contribution >= 0.6 is 11.6 Å². The monoisotopic (exact) mass is 455 g/mol. The molecule has 0 aromatic heterocycles. The summed E-state index contributed by atoms with van der Waals surface area (Å²) < 4.78 is 25.3. The van der Waals surface area contributed by atoms with Gasteiger partial charge >= 0.3 is 0 Å². The molecule has 32 heavy (non-hydrogen) atoms. The number of rotatable bonds is 6. The molecule has 7 nitrogen and oxygen atoms in total. The average Bonchev–Trinajstić information content (AvgIpc) is 3.12. The highest BCUT2D eigenvalue weighted by atomic mass is 35.5. The van der Waals surface area contributed by atoms with Gasteiger partial charge in [-0.15, -0.1) is 5.06 Å². The second-order valence-corrected chi connectivity index (χ2v) is 7.37. The third kappa shape index (κ3) is 4.22. The Kier molecular flexibility index (Phi) is 5.96. The van der Waals surface area contributed by atoms with Crippen molar-refractivity contribution in [3.05, 3.63) is 75.8 Å². The summed E-state index contributed by atoms with van der Waals surface area (Å²) in [6.45, 7) is 3.81. The molecule has 9 heteroatoms. The van der Waals surface area contributed by atoms with Gasteiger partial charge in [0.2, 0.25) is 0 Å². The van der Waals surface area contributed by atoms with Crippen LogP contribution in [0.3, 0.4) is 0 Å². The number of benzene rings is 2. The number of nitrogens with zero attached hydrogens (tertiary/aromatic N) is 2. The molecule has 0 aliphatic carbocycles. The van der Waals surface area contributed by atoms with Crippen LogP contribution in [0.1, 0.15) is 25.0 Å². The standard InChI is InChI=1S/C23H19ClFN3O4/c1-3-30-19-11-14(9-16-22(26)28-20(27-23(16)29)8-13(2)32-28)10-17(24)21(19)31-12-15-6-4-5-7-18(15)25/h4-11,26H,3,12H2,1-2H3/b16-9-,26-22?. The van der Waals surface area contributed by atoms with Gasteiger partial charge in [0.05, 0.1) is 17.2 Å². The molecule has 0 bridgehead atoms. The van der Waals surface area contributed by atoms with Crippen molar-refractivity contribution < 1.29 is 23.5 Å². The fourth-order valence-corrected chi connectivity index (χ4v) is 3.48. The first-order chi connectivity index (χ1) is 15.4. The van der Waals surface area contributed by atoms with Crippen LogP contribution in [0.2, 0.25) is 5.02 Å². The van der Waals surface area contributed by atoms with Gasteiger partial charge < -0.3 is 14.3 Å². The van der Waals surface area contributed by atoms with E-state index in [1.165, 1.54) is 17.2 Å². The van der Waals surface area contributed by atoms with Crippen molar-refractivity contribution in [2.24, 2.45) is 4.99 Å². The van der Waals surface area contributed by atoms with E-state index < -0.39 is 5.91 Å². The normalized spacial score (nSPS) is 16.5. The van der Waals surface area contributed by atoms with Crippen LogP contribution in [-0.2, 0) is 16.2 Å². The second-order valence-electron chi connectivity index (χ2n) is 6.97. The lowest BCUT2D eigenvalue weighted by Gasteiger charge is -2.23. The molecule has 1 N–H and O–H groups in total. The van der Waals surface area contributed by atoms with Gasteiger partial charge in [0, 0.05) is 11.6 Å². The van der Waals surface area contributed by atoms with Gasteiger partial charge in [-0.3, -0.25) is 10.2 Å². The lowest BCUT2D eigenvalue weighted by atomic mass is 10.1. The summed E-state index contributed by atoms with van der Waals surface area (Å²) in [5.41, 5.74) is 0.921. The van der Waals surface area contributed by atoms with Crippen molar-refractivity contribution in [3.8, 4) is 11.5 Å². The van der Waals surface area contributed by atoms with Gasteiger partial charge in [-0.25, -0.2) is 4.39 Å². The molecule has 0 radical (unpaired) electrons. The highest BCUT2D eigenvalue weighted by Crippen LogP contribution is 2.38. The minimum atomic E-state index is -0.565. The van der Waals surface area contributed by atoms with Crippen LogP contribution in [0.15, 0.2) is 58.8 Å². The first-order valence-corrected chi connectivity index (χ1v) is 10.2. The molecule has 0 saturated heterocycles. The Balaban J connectivity index is 1.64. The van der Waals surface area contributed by atoms with E-state index in [1.54, 1.807) is 50.3 Å². The number of amides is 1. The molecule has 1 amide bonds. The molecule has 0 fully saturated rings. The molecule has 2 heterocycles. The predicted octanol–water partition coefficient (Wildman–Crippen LogP) is 4.91. The van der Waals surface area contributed by atoms with Crippen molar-refractivity contribution in [1.29, 1.82) is 5.41 Å². The van der Waals surface area contributed by atoms with Crippen LogP contribution < -0.4 is 9.47 Å². The number of carbonyl (C=O) groups excluding carboxylic acids is 1. The van der Waals surface area contributed by atoms with Crippen molar-refractivity contribution >= 4 is 35.3 Å². The first kappa shape index (κ1) is 21.6. The van der Waals surface area contributed by atoms with Crippen LogP contribution in [0.25, 0.3) is 6.08 Å². The minimum absolute atomic E-state index is 0.0355. The largest absolute Gasteiger partial charge is 0.490 e. The number of nitrogens with one attached hydrogen (secondary N) is 1. The first-order valence-electron chi connectivity index (χ1n) is 9.80. The zero-order chi connectivity index (χ0) is 22.8. The summed E-state index contributed by atoms with van der Waals surface area (Å²) in [6, 6.07) is 9.49. The van der Waals surface area contributed by atoms with E-state index in [-0.39, 0.29) is 40.4 Å². The minimum Gasteiger partial charge on any atom is -0.490 e. The predicted molar refractivity (Wildman–Crippen MR) is 118 cm³/mol. The summed E-state index contributed by atoms with van der Waals surface area (Å²) in [7, 11) is 0. The lowest BCUT2D eigenvalue weighted by molar-refractivity contribution is -0.114. The van der Waals surface area contributed by atoms with Crippen LogP contribution in [0.5, 0.6) is 11.5 Å². The van der Waals surface area contributed by atoms with Crippen molar-refractivity contribution in [1.82, 2.24) is 5.06 Å². The number of hydrogen-bond acceptors (Lipinski definition) is 5. The zero-order valence-electron chi connectivity index (χ0n) is 17.3. The Morgan fingerprint density at radius 2 is 2.06 bits per heavy atom. The molecule has 0 atom stereocenters. The number of aliphatic imine (C=N–C) groups is 1. The van der Waals surface area contributed by atoms with E-state index in [0.29, 0.717) is 29.2 Å². The van der Waals surface area contributed by atoms with E-state index in [0.717, 1.165) is 0 Å². The summed E-state index contributed by atoms with van der Waals surface area (Å²) in [6.07, 6.45) is 3.06. The molecule has 2 aliphatic heterocycles. The highest BCUT2D eigenvalue weighted by Gasteiger charge is 2.34. The van der Waals surface area contributed by atoms with E-state index in [9.17, 15) is 9.18 Å². The molecule has 2 aromatic rings. The maximum absolute atomic E-state index is 13.9. The molecular weight excluding hydrogens is 437 g/mol. The lowest BCUT2D eigenvalue weighted by Crippen LogP contribution is -2.38. The molecule has 0 unspecified atom stereocenters. The summed E-state index contributed by atoms with van der Waals surface area (Å²) >= 11 is 6.44. The average molecular weight is 456 g/mol. The van der Waals surface area contributed by atoms with Gasteiger partial charge in [-0.1, -0.05) is 29.8 Å². The van der Waals surface area contributed by atoms with Crippen LogP contribution in [0.4, 0.5) is 4.39 Å². The maximum Gasteiger partial charge on any atom is 0.282 e. The Bertz CT molecular complexity index is 1210. The molecule has 2 aliphatic rings. The number of ether oxygens (including phenoxy) is 2. The number of amidine groups is 2. The number of fused-ring (bicyclic) bond motifs is 1. The Morgan fingerprint density at radius 3 is 2.81 bits per heavy atom. The second kappa shape index (κ2) is 8.84. The molecule has 0 saturated carbocycles. The highest BCUT2D eigenvalue weighted by molar-refractivity contribution is 6.33. The molecule has 0 spiro atoms. The number of allylic oxidation sites excluding steroid dienone is 1. The summed E-state index contributed by atoms with van der Waals surface area (Å²) in [5, 5.41) is 9.72. The van der Waals surface area contributed by atoms with Crippen molar-refractivity contribution in [3.63, 3.8) is 0 Å². The molecular formula is C23H19ClFN3O4.